The first-order chi connectivity index (χ1) is 16.2. The van der Waals surface area contributed by atoms with Gasteiger partial charge in [-0.25, -0.2) is 9.99 Å². The second-order valence-electron chi connectivity index (χ2n) is 8.11. The second kappa shape index (κ2) is 8.20. The normalized spacial score (nSPS) is 18.1. The summed E-state index contributed by atoms with van der Waals surface area (Å²) in [5.41, 5.74) is -4.97. The molecule has 35 heavy (non-hydrogen) atoms. The highest BCUT2D eigenvalue weighted by Crippen LogP contribution is 2.44. The molecule has 1 aromatic heterocycles. The molecule has 0 radical (unpaired) electrons. The Morgan fingerprint density at radius 3 is 2.17 bits per heavy atom. The van der Waals surface area contributed by atoms with E-state index in [0.29, 0.717) is 25.0 Å². The van der Waals surface area contributed by atoms with Crippen molar-refractivity contribution in [3.05, 3.63) is 58.7 Å². The Morgan fingerprint density at radius 2 is 1.63 bits per heavy atom. The molecule has 1 aliphatic heterocycles. The van der Waals surface area contributed by atoms with E-state index in [-0.39, 0.29) is 29.3 Å². The third-order valence-electron chi connectivity index (χ3n) is 5.46. The Morgan fingerprint density at radius 1 is 1.06 bits per heavy atom. The molecule has 14 heteroatoms. The minimum atomic E-state index is -5.10. The molecular weight excluding hydrogens is 484 g/mol. The van der Waals surface area contributed by atoms with E-state index in [1.54, 1.807) is 0 Å². The maximum Gasteiger partial charge on any atom is 0.416 e. The maximum atomic E-state index is 13.1. The Kier molecular flexibility index (Phi) is 5.72. The number of nitrogens with zero attached hydrogens (tertiary/aromatic N) is 4. The van der Waals surface area contributed by atoms with Gasteiger partial charge in [0.25, 0.3) is 17.7 Å². The van der Waals surface area contributed by atoms with Crippen molar-refractivity contribution in [2.45, 2.75) is 43.8 Å². The molecule has 0 saturated heterocycles. The Bertz CT molecular complexity index is 1190. The van der Waals surface area contributed by atoms with Crippen LogP contribution in [-0.4, -0.2) is 45.3 Å². The lowest BCUT2D eigenvalue weighted by atomic mass is 10.0. The molecule has 186 valence electrons. The van der Waals surface area contributed by atoms with E-state index in [1.165, 1.54) is 26.4 Å². The Balaban J connectivity index is 1.64. The molecule has 8 nitrogen and oxygen atoms in total. The van der Waals surface area contributed by atoms with Crippen LogP contribution in [0.2, 0.25) is 0 Å². The van der Waals surface area contributed by atoms with Gasteiger partial charge in [0, 0.05) is 37.8 Å². The van der Waals surface area contributed by atoms with E-state index in [1.807, 2.05) is 0 Å². The van der Waals surface area contributed by atoms with Crippen LogP contribution in [0.25, 0.3) is 0 Å². The monoisotopic (exact) mass is 501 g/mol. The van der Waals surface area contributed by atoms with E-state index in [2.05, 4.69) is 20.4 Å². The van der Waals surface area contributed by atoms with Crippen LogP contribution in [0.3, 0.4) is 0 Å². The average molecular weight is 501 g/mol. The van der Waals surface area contributed by atoms with Crippen molar-refractivity contribution in [2.24, 2.45) is 5.10 Å². The summed E-state index contributed by atoms with van der Waals surface area (Å²) in [7, 11) is 1.43. The van der Waals surface area contributed by atoms with Crippen molar-refractivity contribution >= 4 is 17.7 Å². The van der Waals surface area contributed by atoms with Crippen molar-refractivity contribution in [1.29, 1.82) is 0 Å². The number of hydrogen-bond donors (Lipinski definition) is 1. The van der Waals surface area contributed by atoms with E-state index >= 15 is 0 Å². The first kappa shape index (κ1) is 24.4. The van der Waals surface area contributed by atoms with Crippen LogP contribution in [0.1, 0.15) is 58.7 Å². The van der Waals surface area contributed by atoms with Gasteiger partial charge in [0.2, 0.25) is 0 Å². The van der Waals surface area contributed by atoms with Crippen molar-refractivity contribution in [3.63, 3.8) is 0 Å². The number of hydrogen-bond acceptors (Lipinski definition) is 6. The van der Waals surface area contributed by atoms with Crippen LogP contribution in [0.15, 0.2) is 35.7 Å². The summed E-state index contributed by atoms with van der Waals surface area (Å²) in [6.07, 6.45) is -6.68. The van der Waals surface area contributed by atoms with Crippen LogP contribution in [-0.2, 0) is 21.9 Å². The van der Waals surface area contributed by atoms with E-state index in [0.717, 1.165) is 5.01 Å². The molecule has 1 saturated carbocycles. The fourth-order valence-corrected chi connectivity index (χ4v) is 3.52. The summed E-state index contributed by atoms with van der Waals surface area (Å²) in [5.74, 6) is -1.58. The lowest BCUT2D eigenvalue weighted by Gasteiger charge is -2.28. The Hall–Kier alpha value is -3.71. The highest BCUT2D eigenvalue weighted by atomic mass is 19.4. The van der Waals surface area contributed by atoms with Gasteiger partial charge < -0.3 is 10.1 Å². The molecule has 1 atom stereocenters. The van der Waals surface area contributed by atoms with Crippen molar-refractivity contribution in [2.75, 3.05) is 7.05 Å². The summed E-state index contributed by atoms with van der Waals surface area (Å²) >= 11 is 0. The Labute approximate surface area is 194 Å². The van der Waals surface area contributed by atoms with Crippen LogP contribution in [0.4, 0.5) is 26.3 Å². The maximum absolute atomic E-state index is 13.1. The standard InChI is InChI=1S/C21H17F6N5O3/c1-10(30-16(33)11-7-12(20(22,23)24)9-13(8-11)21(25,26)27)14-15(29-6-5-28-14)17-31-32(2)18(34)19(35-17)3-4-19/h5-10H,3-4H2,1-2H3,(H,30,33). The number of carbonyl (C=O) groups excluding carboxylic acids is 2. The lowest BCUT2D eigenvalue weighted by molar-refractivity contribution is -0.143. The lowest BCUT2D eigenvalue weighted by Crippen LogP contribution is -2.44. The fraction of sp³-hybridized carbons (Fsp3) is 0.381. The quantitative estimate of drug-likeness (QED) is 0.645. The van der Waals surface area contributed by atoms with Gasteiger partial charge in [-0.2, -0.15) is 26.3 Å². The molecule has 2 amide bonds. The number of nitrogens with one attached hydrogen (secondary N) is 1. The molecule has 2 aromatic rings. The molecule has 1 N–H and O–H groups in total. The molecule has 1 aliphatic carbocycles. The molecule has 1 fully saturated rings. The second-order valence-corrected chi connectivity index (χ2v) is 8.11. The number of amides is 2. The minimum absolute atomic E-state index is 0.0489. The molecule has 2 heterocycles. The first-order valence-electron chi connectivity index (χ1n) is 10.2. The summed E-state index contributed by atoms with van der Waals surface area (Å²) in [4.78, 5) is 33.2. The van der Waals surface area contributed by atoms with Crippen LogP contribution in [0.5, 0.6) is 0 Å². The molecule has 0 bridgehead atoms. The van der Waals surface area contributed by atoms with E-state index < -0.39 is 46.6 Å². The van der Waals surface area contributed by atoms with Gasteiger partial charge in [-0.15, -0.1) is 5.10 Å². The van der Waals surface area contributed by atoms with Gasteiger partial charge in [0.05, 0.1) is 22.9 Å². The number of rotatable bonds is 4. The van der Waals surface area contributed by atoms with E-state index in [4.69, 9.17) is 4.74 Å². The highest BCUT2D eigenvalue weighted by Gasteiger charge is 2.57. The third-order valence-corrected chi connectivity index (χ3v) is 5.46. The van der Waals surface area contributed by atoms with Gasteiger partial charge >= 0.3 is 12.4 Å². The number of benzene rings is 1. The molecule has 1 spiro atoms. The molecular formula is C21H17F6N5O3. The van der Waals surface area contributed by atoms with Crippen LogP contribution in [0, 0.1) is 0 Å². The van der Waals surface area contributed by atoms with Gasteiger partial charge in [-0.1, -0.05) is 0 Å². The smallest absolute Gasteiger partial charge is 0.416 e. The molecule has 2 aliphatic rings. The predicted molar refractivity (Wildman–Crippen MR) is 107 cm³/mol. The average Bonchev–Trinajstić information content (AvgIpc) is 3.55. The van der Waals surface area contributed by atoms with Crippen molar-refractivity contribution in [3.8, 4) is 0 Å². The summed E-state index contributed by atoms with van der Waals surface area (Å²) in [6.45, 7) is 1.41. The summed E-state index contributed by atoms with van der Waals surface area (Å²) in [5, 5.41) is 7.47. The molecule has 1 aromatic carbocycles. The van der Waals surface area contributed by atoms with Crippen LogP contribution >= 0.6 is 0 Å². The third kappa shape index (κ3) is 4.77. The number of hydrazone groups is 1. The zero-order valence-electron chi connectivity index (χ0n) is 18.2. The number of likely N-dealkylation sites (N-methyl/N-ethyl adjacent to an activating group) is 1. The topological polar surface area (TPSA) is 96.8 Å². The fourth-order valence-electron chi connectivity index (χ4n) is 3.52. The predicted octanol–water partition coefficient (Wildman–Crippen LogP) is 3.69. The SMILES string of the molecule is CC(NC(=O)c1cc(C(F)(F)F)cc(C(F)(F)F)c1)c1nccnc1C1=NN(C)C(=O)C2(CC2)O1. The molecule has 4 rings (SSSR count). The van der Waals surface area contributed by atoms with Gasteiger partial charge in [-0.05, 0) is 25.1 Å². The zero-order chi connectivity index (χ0) is 25.8. The first-order valence-corrected chi connectivity index (χ1v) is 10.2. The number of alkyl halides is 6. The van der Waals surface area contributed by atoms with Crippen molar-refractivity contribution < 1.29 is 40.7 Å². The van der Waals surface area contributed by atoms with Crippen LogP contribution < -0.4 is 5.32 Å². The summed E-state index contributed by atoms with van der Waals surface area (Å²) in [6, 6.07) is -0.425. The van der Waals surface area contributed by atoms with Gasteiger partial charge in [0.1, 0.15) is 0 Å². The van der Waals surface area contributed by atoms with E-state index in [9.17, 15) is 35.9 Å². The number of aromatic nitrogens is 2. The van der Waals surface area contributed by atoms with Crippen molar-refractivity contribution in [1.82, 2.24) is 20.3 Å². The van der Waals surface area contributed by atoms with Gasteiger partial charge in [0.15, 0.2) is 11.3 Å². The van der Waals surface area contributed by atoms with Gasteiger partial charge in [-0.3, -0.25) is 14.6 Å². The number of halogens is 6. The number of ether oxygens (including phenoxy) is 1. The largest absolute Gasteiger partial charge is 0.458 e. The highest BCUT2D eigenvalue weighted by molar-refractivity contribution is 6.01. The zero-order valence-corrected chi connectivity index (χ0v) is 18.2. The number of carbonyl (C=O) groups is 2. The molecule has 1 unspecified atom stereocenters. The summed E-state index contributed by atoms with van der Waals surface area (Å²) < 4.78 is 84.6. The minimum Gasteiger partial charge on any atom is -0.458 e.